The van der Waals surface area contributed by atoms with Crippen LogP contribution in [0.15, 0.2) is 30.3 Å². The lowest BCUT2D eigenvalue weighted by Crippen LogP contribution is -2.36. The number of halogens is 3. The number of hydrogen-bond acceptors (Lipinski definition) is 2. The lowest BCUT2D eigenvalue weighted by molar-refractivity contribution is -0.141. The Bertz CT molecular complexity index is 340. The summed E-state index contributed by atoms with van der Waals surface area (Å²) in [6, 6.07) is 7.78. The van der Waals surface area contributed by atoms with Gasteiger partial charge < -0.3 is 10.1 Å². The fraction of sp³-hybridized carbons (Fsp3) is 0.538. The Balaban J connectivity index is 2.76. The van der Waals surface area contributed by atoms with E-state index >= 15 is 0 Å². The van der Waals surface area contributed by atoms with E-state index in [1.165, 1.54) is 7.11 Å². The fourth-order valence-electron chi connectivity index (χ4n) is 1.83. The molecule has 5 heteroatoms. The third-order valence-electron chi connectivity index (χ3n) is 2.54. The van der Waals surface area contributed by atoms with E-state index in [4.69, 9.17) is 4.74 Å². The van der Waals surface area contributed by atoms with Gasteiger partial charge in [0, 0.05) is 19.2 Å². The van der Waals surface area contributed by atoms with Crippen LogP contribution in [0.3, 0.4) is 0 Å². The minimum atomic E-state index is -4.19. The maximum absolute atomic E-state index is 12.6. The molecule has 0 aromatic heterocycles. The molecule has 0 amide bonds. The number of hydrogen-bond donors (Lipinski definition) is 1. The van der Waals surface area contributed by atoms with Gasteiger partial charge in [0.2, 0.25) is 0 Å². The number of alkyl halides is 3. The summed E-state index contributed by atoms with van der Waals surface area (Å²) in [6.45, 7) is 2.18. The monoisotopic (exact) mass is 261 g/mol. The molecule has 2 nitrogen and oxygen atoms in total. The normalized spacial score (nSPS) is 15.4. The molecule has 0 bridgehead atoms. The van der Waals surface area contributed by atoms with Gasteiger partial charge in [-0.1, -0.05) is 30.3 Å². The van der Waals surface area contributed by atoms with Gasteiger partial charge in [0.15, 0.2) is 0 Å². The molecule has 1 aromatic rings. The summed E-state index contributed by atoms with van der Waals surface area (Å²) in [4.78, 5) is 0. The van der Waals surface area contributed by atoms with Crippen molar-refractivity contribution in [2.75, 3.05) is 13.7 Å². The van der Waals surface area contributed by atoms with E-state index in [1.54, 1.807) is 37.3 Å². The second kappa shape index (κ2) is 6.75. The molecule has 0 radical (unpaired) electrons. The van der Waals surface area contributed by atoms with Gasteiger partial charge in [0.1, 0.15) is 0 Å². The maximum atomic E-state index is 12.6. The SMILES string of the molecule is COCC(C)NC(CC(F)(F)F)c1ccccc1. The molecule has 18 heavy (non-hydrogen) atoms. The zero-order chi connectivity index (χ0) is 13.6. The van der Waals surface area contributed by atoms with Crippen molar-refractivity contribution >= 4 is 0 Å². The van der Waals surface area contributed by atoms with Crippen LogP contribution in [0.4, 0.5) is 13.2 Å². The molecule has 0 fully saturated rings. The average Bonchev–Trinajstić information content (AvgIpc) is 2.28. The second-order valence-corrected chi connectivity index (χ2v) is 4.31. The van der Waals surface area contributed by atoms with Gasteiger partial charge in [-0.3, -0.25) is 0 Å². The number of rotatable bonds is 6. The highest BCUT2D eigenvalue weighted by Crippen LogP contribution is 2.29. The quantitative estimate of drug-likeness (QED) is 0.848. The van der Waals surface area contributed by atoms with Gasteiger partial charge in [0.05, 0.1) is 13.0 Å². The van der Waals surface area contributed by atoms with E-state index in [0.29, 0.717) is 12.2 Å². The lowest BCUT2D eigenvalue weighted by Gasteiger charge is -2.24. The largest absolute Gasteiger partial charge is 0.390 e. The minimum Gasteiger partial charge on any atom is -0.383 e. The van der Waals surface area contributed by atoms with Crippen LogP contribution in [0, 0.1) is 0 Å². The van der Waals surface area contributed by atoms with Crippen LogP contribution in [-0.2, 0) is 4.74 Å². The van der Waals surface area contributed by atoms with Crippen LogP contribution in [0.5, 0.6) is 0 Å². The number of nitrogens with one attached hydrogen (secondary N) is 1. The Morgan fingerprint density at radius 2 is 1.83 bits per heavy atom. The zero-order valence-electron chi connectivity index (χ0n) is 10.5. The number of methoxy groups -OCH3 is 1. The molecule has 0 saturated heterocycles. The summed E-state index contributed by atoms with van der Waals surface area (Å²) in [5.74, 6) is 0. The van der Waals surface area contributed by atoms with E-state index in [0.717, 1.165) is 0 Å². The van der Waals surface area contributed by atoms with Crippen molar-refractivity contribution in [3.8, 4) is 0 Å². The van der Waals surface area contributed by atoms with E-state index < -0.39 is 18.6 Å². The highest BCUT2D eigenvalue weighted by molar-refractivity contribution is 5.19. The fourth-order valence-corrected chi connectivity index (χ4v) is 1.83. The molecule has 0 aliphatic carbocycles. The van der Waals surface area contributed by atoms with E-state index in [1.807, 2.05) is 0 Å². The standard InChI is InChI=1S/C13H18F3NO/c1-10(9-18-2)17-12(8-13(14,15)16)11-6-4-3-5-7-11/h3-7,10,12,17H,8-9H2,1-2H3. The molecular weight excluding hydrogens is 243 g/mol. The molecule has 0 saturated carbocycles. The molecule has 2 unspecified atom stereocenters. The summed E-state index contributed by atoms with van der Waals surface area (Å²) in [5.41, 5.74) is 0.637. The smallest absolute Gasteiger partial charge is 0.383 e. The van der Waals surface area contributed by atoms with Crippen molar-refractivity contribution in [1.29, 1.82) is 0 Å². The van der Waals surface area contributed by atoms with E-state index in [2.05, 4.69) is 5.32 Å². The molecule has 0 heterocycles. The second-order valence-electron chi connectivity index (χ2n) is 4.31. The van der Waals surface area contributed by atoms with Crippen LogP contribution in [0.25, 0.3) is 0 Å². The van der Waals surface area contributed by atoms with Crippen molar-refractivity contribution in [2.45, 2.75) is 31.6 Å². The van der Waals surface area contributed by atoms with Gasteiger partial charge in [-0.25, -0.2) is 0 Å². The first kappa shape index (κ1) is 15.0. The number of ether oxygens (including phenoxy) is 1. The van der Waals surface area contributed by atoms with Crippen molar-refractivity contribution < 1.29 is 17.9 Å². The Kier molecular flexibility index (Phi) is 5.62. The predicted molar refractivity (Wildman–Crippen MR) is 64.3 cm³/mol. The first-order valence-electron chi connectivity index (χ1n) is 5.79. The molecule has 0 aliphatic rings. The van der Waals surface area contributed by atoms with Crippen LogP contribution in [0.1, 0.15) is 24.9 Å². The summed E-state index contributed by atoms with van der Waals surface area (Å²) >= 11 is 0. The van der Waals surface area contributed by atoms with Crippen molar-refractivity contribution in [2.24, 2.45) is 0 Å². The molecule has 0 aliphatic heterocycles. The molecule has 0 spiro atoms. The van der Waals surface area contributed by atoms with Gasteiger partial charge in [-0.05, 0) is 12.5 Å². The van der Waals surface area contributed by atoms with E-state index in [-0.39, 0.29) is 6.04 Å². The topological polar surface area (TPSA) is 21.3 Å². The van der Waals surface area contributed by atoms with Crippen LogP contribution in [0.2, 0.25) is 0 Å². The minimum absolute atomic E-state index is 0.137. The van der Waals surface area contributed by atoms with Crippen molar-refractivity contribution in [3.63, 3.8) is 0 Å². The zero-order valence-corrected chi connectivity index (χ0v) is 10.5. The summed E-state index contributed by atoms with van der Waals surface area (Å²) < 4.78 is 42.6. The van der Waals surface area contributed by atoms with Crippen LogP contribution in [-0.4, -0.2) is 25.9 Å². The van der Waals surface area contributed by atoms with Gasteiger partial charge in [-0.15, -0.1) is 0 Å². The summed E-state index contributed by atoms with van der Waals surface area (Å²) in [6.07, 6.45) is -5.08. The maximum Gasteiger partial charge on any atom is 0.390 e. The van der Waals surface area contributed by atoms with Crippen LogP contribution >= 0.6 is 0 Å². The van der Waals surface area contributed by atoms with E-state index in [9.17, 15) is 13.2 Å². The molecule has 1 aromatic carbocycles. The van der Waals surface area contributed by atoms with Crippen molar-refractivity contribution in [1.82, 2.24) is 5.32 Å². The van der Waals surface area contributed by atoms with Crippen LogP contribution < -0.4 is 5.32 Å². The third-order valence-corrected chi connectivity index (χ3v) is 2.54. The first-order valence-corrected chi connectivity index (χ1v) is 5.79. The Morgan fingerprint density at radius 3 is 2.33 bits per heavy atom. The lowest BCUT2D eigenvalue weighted by atomic mass is 10.0. The highest BCUT2D eigenvalue weighted by atomic mass is 19.4. The Hall–Kier alpha value is -1.07. The molecule has 1 rings (SSSR count). The van der Waals surface area contributed by atoms with Crippen molar-refractivity contribution in [3.05, 3.63) is 35.9 Å². The summed E-state index contributed by atoms with van der Waals surface area (Å²) in [5, 5.41) is 2.95. The third kappa shape index (κ3) is 5.51. The number of benzene rings is 1. The van der Waals surface area contributed by atoms with Gasteiger partial charge >= 0.3 is 6.18 Å². The molecule has 2 atom stereocenters. The van der Waals surface area contributed by atoms with Gasteiger partial charge in [0.25, 0.3) is 0 Å². The molecular formula is C13H18F3NO. The predicted octanol–water partition coefficient (Wildman–Crippen LogP) is 3.30. The average molecular weight is 261 g/mol. The first-order chi connectivity index (χ1) is 8.42. The summed E-state index contributed by atoms with van der Waals surface area (Å²) in [7, 11) is 1.53. The Morgan fingerprint density at radius 1 is 1.22 bits per heavy atom. The van der Waals surface area contributed by atoms with Gasteiger partial charge in [-0.2, -0.15) is 13.2 Å². The Labute approximate surface area is 105 Å². The molecule has 102 valence electrons. The highest BCUT2D eigenvalue weighted by Gasteiger charge is 2.33. The molecule has 1 N–H and O–H groups in total.